The molecular weight excluding hydrogens is 557 g/mol. The topological polar surface area (TPSA) is 131 Å². The van der Waals surface area contributed by atoms with Crippen molar-refractivity contribution in [2.45, 2.75) is 52.4 Å². The number of likely N-dealkylation sites (tertiary alicyclic amines) is 1. The van der Waals surface area contributed by atoms with Crippen LogP contribution in [0.1, 0.15) is 36.1 Å². The van der Waals surface area contributed by atoms with Crippen LogP contribution in [0.15, 0.2) is 62.7 Å². The molecule has 1 aromatic carbocycles. The molecule has 11 nitrogen and oxygen atoms in total. The van der Waals surface area contributed by atoms with Crippen molar-refractivity contribution in [1.29, 1.82) is 0 Å². The molecule has 1 aliphatic rings. The zero-order chi connectivity index (χ0) is 27.4. The van der Waals surface area contributed by atoms with Gasteiger partial charge in [0.1, 0.15) is 41.0 Å². The van der Waals surface area contributed by atoms with Gasteiger partial charge in [-0.1, -0.05) is 11.8 Å². The van der Waals surface area contributed by atoms with Crippen LogP contribution >= 0.6 is 35.1 Å². The second kappa shape index (κ2) is 12.0. The third-order valence-corrected chi connectivity index (χ3v) is 8.87. The highest BCUT2D eigenvalue weighted by Gasteiger charge is 2.33. The Morgan fingerprint density at radius 3 is 2.69 bits per heavy atom. The van der Waals surface area contributed by atoms with Crippen molar-refractivity contribution in [2.75, 3.05) is 25.0 Å². The van der Waals surface area contributed by atoms with E-state index < -0.39 is 5.72 Å². The van der Waals surface area contributed by atoms with Gasteiger partial charge >= 0.3 is 0 Å². The van der Waals surface area contributed by atoms with Crippen LogP contribution in [0.25, 0.3) is 0 Å². The first-order valence-corrected chi connectivity index (χ1v) is 14.7. The van der Waals surface area contributed by atoms with Crippen molar-refractivity contribution >= 4 is 46.1 Å². The minimum absolute atomic E-state index is 0.276. The fourth-order valence-corrected chi connectivity index (χ4v) is 6.26. The number of carbonyl (C=O) groups is 1. The molecule has 0 unspecified atom stereocenters. The predicted octanol–water partition coefficient (Wildman–Crippen LogP) is 4.11. The van der Waals surface area contributed by atoms with E-state index in [1.54, 1.807) is 17.8 Å². The molecule has 4 aromatic rings. The van der Waals surface area contributed by atoms with Crippen molar-refractivity contribution < 1.29 is 14.6 Å². The number of amides is 1. The van der Waals surface area contributed by atoms with Crippen LogP contribution in [-0.4, -0.2) is 70.4 Å². The van der Waals surface area contributed by atoms with E-state index >= 15 is 0 Å². The Balaban J connectivity index is 1.29. The van der Waals surface area contributed by atoms with Crippen LogP contribution in [0.4, 0.5) is 5.13 Å². The van der Waals surface area contributed by atoms with E-state index in [2.05, 4.69) is 29.9 Å². The lowest BCUT2D eigenvalue weighted by Crippen LogP contribution is -2.42. The zero-order valence-electron chi connectivity index (χ0n) is 21.7. The first-order valence-electron chi connectivity index (χ1n) is 12.3. The number of nitrogens with one attached hydrogen (secondary N) is 1. The third kappa shape index (κ3) is 6.94. The second-order valence-corrected chi connectivity index (χ2v) is 12.0. The molecule has 39 heavy (non-hydrogen) atoms. The number of pyridine rings is 1. The van der Waals surface area contributed by atoms with Crippen LogP contribution in [0.5, 0.6) is 5.75 Å². The van der Waals surface area contributed by atoms with E-state index in [-0.39, 0.29) is 11.6 Å². The number of hydrogen-bond donors (Lipinski definition) is 2. The Hall–Kier alpha value is -3.04. The summed E-state index contributed by atoms with van der Waals surface area (Å²) < 4.78 is 11.8. The van der Waals surface area contributed by atoms with Gasteiger partial charge in [0.15, 0.2) is 5.16 Å². The lowest BCUT2D eigenvalue weighted by Gasteiger charge is -2.29. The van der Waals surface area contributed by atoms with Gasteiger partial charge in [-0.3, -0.25) is 15.0 Å². The quantitative estimate of drug-likeness (QED) is 0.279. The third-order valence-electron chi connectivity index (χ3n) is 6.10. The number of carbonyl (C=O) groups excluding carboxylic acids is 1. The fraction of sp³-hybridized carbons (Fsp3) is 0.360. The van der Waals surface area contributed by atoms with Gasteiger partial charge in [0.05, 0.1) is 0 Å². The molecule has 3 aromatic heterocycles. The van der Waals surface area contributed by atoms with Gasteiger partial charge in [-0.05, 0) is 74.8 Å². The van der Waals surface area contributed by atoms with E-state index in [1.165, 1.54) is 23.5 Å². The van der Waals surface area contributed by atoms with Crippen LogP contribution < -0.4 is 10.1 Å². The molecule has 1 atom stereocenters. The number of benzene rings is 1. The molecule has 2 N–H and O–H groups in total. The summed E-state index contributed by atoms with van der Waals surface area (Å²) in [6, 6.07) is 11.4. The molecule has 0 radical (unpaired) electrons. The van der Waals surface area contributed by atoms with Crippen molar-refractivity contribution in [3.8, 4) is 5.75 Å². The summed E-state index contributed by atoms with van der Waals surface area (Å²) >= 11 is 3.88. The Kier molecular flexibility index (Phi) is 8.47. The standard InChI is InChI=1S/C25H28N8O3S3/c1-16-27-23(39-31-16)29-22(34)21-19(9-10-20(28-21)38-24-30-26-15-32(24)3)37-18-7-5-17(6-8-18)36-14-13-33-12-4-11-25(33,2)35/h5-10,15,35H,4,11-14H2,1-3H3,(H,27,29,31,34)/t25-/m1/s1. The summed E-state index contributed by atoms with van der Waals surface area (Å²) in [6.07, 6.45) is 3.39. The molecular formula is C25H28N8O3S3. The summed E-state index contributed by atoms with van der Waals surface area (Å²) in [6.45, 7) is 5.66. The van der Waals surface area contributed by atoms with Crippen LogP contribution in [0.3, 0.4) is 0 Å². The van der Waals surface area contributed by atoms with E-state index in [4.69, 9.17) is 4.74 Å². The predicted molar refractivity (Wildman–Crippen MR) is 149 cm³/mol. The molecule has 4 heterocycles. The molecule has 14 heteroatoms. The zero-order valence-corrected chi connectivity index (χ0v) is 24.1. The van der Waals surface area contributed by atoms with Crippen LogP contribution in [0.2, 0.25) is 0 Å². The molecule has 0 bridgehead atoms. The SMILES string of the molecule is Cc1nsc(NC(=O)c2nc(Sc3nncn3C)ccc2Sc2ccc(OCCN3CCC[C@@]3(C)O)cc2)n1. The van der Waals surface area contributed by atoms with E-state index in [0.29, 0.717) is 39.2 Å². The summed E-state index contributed by atoms with van der Waals surface area (Å²) in [4.78, 5) is 25.8. The van der Waals surface area contributed by atoms with Crippen molar-refractivity contribution in [1.82, 2.24) is 34.0 Å². The highest BCUT2D eigenvalue weighted by atomic mass is 32.2. The van der Waals surface area contributed by atoms with Gasteiger partial charge in [-0.15, -0.1) is 10.2 Å². The van der Waals surface area contributed by atoms with Gasteiger partial charge in [-0.25, -0.2) is 9.97 Å². The van der Waals surface area contributed by atoms with Crippen molar-refractivity contribution in [3.05, 3.63) is 54.2 Å². The van der Waals surface area contributed by atoms with Crippen LogP contribution in [-0.2, 0) is 7.05 Å². The summed E-state index contributed by atoms with van der Waals surface area (Å²) in [7, 11) is 1.85. The number of nitrogens with zero attached hydrogens (tertiary/aromatic N) is 7. The van der Waals surface area contributed by atoms with Gasteiger partial charge in [0.2, 0.25) is 5.13 Å². The number of aryl methyl sites for hydroxylation is 2. The maximum atomic E-state index is 13.3. The highest BCUT2D eigenvalue weighted by molar-refractivity contribution is 7.99. The Labute approximate surface area is 238 Å². The molecule has 204 valence electrons. The maximum Gasteiger partial charge on any atom is 0.277 e. The lowest BCUT2D eigenvalue weighted by atomic mass is 10.2. The minimum atomic E-state index is -0.751. The first kappa shape index (κ1) is 27.5. The highest BCUT2D eigenvalue weighted by Crippen LogP contribution is 2.34. The first-order chi connectivity index (χ1) is 18.8. The summed E-state index contributed by atoms with van der Waals surface area (Å²) in [5.41, 5.74) is -0.475. The molecule has 0 spiro atoms. The average molecular weight is 585 g/mol. The van der Waals surface area contributed by atoms with E-state index in [1.807, 2.05) is 55.3 Å². The molecule has 5 rings (SSSR count). The van der Waals surface area contributed by atoms with Gasteiger partial charge < -0.3 is 14.4 Å². The van der Waals surface area contributed by atoms with E-state index in [9.17, 15) is 9.90 Å². The van der Waals surface area contributed by atoms with E-state index in [0.717, 1.165) is 41.6 Å². The number of ether oxygens (including phenoxy) is 1. The Morgan fingerprint density at radius 1 is 1.21 bits per heavy atom. The number of hydrogen-bond acceptors (Lipinski definition) is 12. The normalized spacial score (nSPS) is 17.4. The molecule has 1 amide bonds. The summed E-state index contributed by atoms with van der Waals surface area (Å²) in [5.74, 6) is 0.973. The maximum absolute atomic E-state index is 13.3. The minimum Gasteiger partial charge on any atom is -0.492 e. The Bertz CT molecular complexity index is 1440. The van der Waals surface area contributed by atoms with Gasteiger partial charge in [0, 0.05) is 41.5 Å². The van der Waals surface area contributed by atoms with Crippen LogP contribution in [0, 0.1) is 6.92 Å². The Morgan fingerprint density at radius 2 is 2.03 bits per heavy atom. The molecule has 1 saturated heterocycles. The fourth-order valence-electron chi connectivity index (χ4n) is 4.05. The molecule has 0 aliphatic carbocycles. The second-order valence-electron chi connectivity index (χ2n) is 9.15. The molecule has 1 fully saturated rings. The molecule has 1 aliphatic heterocycles. The summed E-state index contributed by atoms with van der Waals surface area (Å²) in [5, 5.41) is 22.9. The number of aliphatic hydroxyl groups is 1. The number of aromatic nitrogens is 6. The number of rotatable bonds is 10. The van der Waals surface area contributed by atoms with Crippen molar-refractivity contribution in [3.63, 3.8) is 0 Å². The number of anilines is 1. The van der Waals surface area contributed by atoms with Crippen molar-refractivity contribution in [2.24, 2.45) is 7.05 Å². The molecule has 0 saturated carbocycles. The smallest absolute Gasteiger partial charge is 0.277 e. The monoisotopic (exact) mass is 584 g/mol. The van der Waals surface area contributed by atoms with Gasteiger partial charge in [-0.2, -0.15) is 4.37 Å². The largest absolute Gasteiger partial charge is 0.492 e. The average Bonchev–Trinajstić information content (AvgIpc) is 3.61. The lowest BCUT2D eigenvalue weighted by molar-refractivity contribution is -0.0678. The van der Waals surface area contributed by atoms with Gasteiger partial charge in [0.25, 0.3) is 5.91 Å².